The molecule has 6 nitrogen and oxygen atoms in total. The van der Waals surface area contributed by atoms with Crippen LogP contribution in [-0.4, -0.2) is 34.7 Å². The van der Waals surface area contributed by atoms with Crippen LogP contribution in [0.5, 0.6) is 0 Å². The molecular weight excluding hydrogens is 316 g/mol. The predicted octanol–water partition coefficient (Wildman–Crippen LogP) is 2.00. The highest BCUT2D eigenvalue weighted by Gasteiger charge is 2.35. The molecule has 6 heteroatoms. The van der Waals surface area contributed by atoms with Crippen LogP contribution < -0.4 is 10.2 Å². The molecule has 0 unspecified atom stereocenters. The normalized spacial score (nSPS) is 17.1. The fraction of sp³-hybridized carbons (Fsp3) is 0.421. The third-order valence-electron chi connectivity index (χ3n) is 4.58. The molecule has 1 atom stereocenters. The number of aryl methyl sites for hydroxylation is 2. The first-order chi connectivity index (χ1) is 12.2. The summed E-state index contributed by atoms with van der Waals surface area (Å²) in [6.45, 7) is 3.89. The van der Waals surface area contributed by atoms with E-state index in [9.17, 15) is 9.59 Å². The van der Waals surface area contributed by atoms with E-state index in [-0.39, 0.29) is 24.2 Å². The van der Waals surface area contributed by atoms with Gasteiger partial charge in [-0.25, -0.2) is 0 Å². The van der Waals surface area contributed by atoms with Crippen molar-refractivity contribution in [3.05, 3.63) is 48.3 Å². The second-order valence-electron chi connectivity index (χ2n) is 6.30. The SMILES string of the molecule is CCc1ccccc1N1C[C@@H](C(=O)NCCCn2cccn2)CC1=O. The van der Waals surface area contributed by atoms with E-state index in [1.807, 2.05) is 41.2 Å². The molecule has 1 N–H and O–H groups in total. The van der Waals surface area contributed by atoms with Gasteiger partial charge in [0.1, 0.15) is 0 Å². The number of aromatic nitrogens is 2. The number of hydrogen-bond acceptors (Lipinski definition) is 3. The summed E-state index contributed by atoms with van der Waals surface area (Å²) in [5.74, 6) is -0.287. The number of nitrogens with zero attached hydrogens (tertiary/aromatic N) is 3. The Hall–Kier alpha value is -2.63. The van der Waals surface area contributed by atoms with Crippen molar-refractivity contribution in [3.8, 4) is 0 Å². The quantitative estimate of drug-likeness (QED) is 0.784. The molecule has 2 amide bonds. The molecule has 1 aromatic carbocycles. The molecule has 2 heterocycles. The molecule has 1 saturated heterocycles. The number of nitrogens with one attached hydrogen (secondary N) is 1. The van der Waals surface area contributed by atoms with Crippen molar-refractivity contribution in [2.24, 2.45) is 5.92 Å². The van der Waals surface area contributed by atoms with E-state index in [4.69, 9.17) is 0 Å². The van der Waals surface area contributed by atoms with Crippen LogP contribution in [0.2, 0.25) is 0 Å². The number of carbonyl (C=O) groups is 2. The topological polar surface area (TPSA) is 67.2 Å². The molecule has 25 heavy (non-hydrogen) atoms. The summed E-state index contributed by atoms with van der Waals surface area (Å²) in [7, 11) is 0. The summed E-state index contributed by atoms with van der Waals surface area (Å²) in [5, 5.41) is 7.08. The molecule has 1 fully saturated rings. The minimum absolute atomic E-state index is 0.0255. The second kappa shape index (κ2) is 7.96. The average Bonchev–Trinajstić information content (AvgIpc) is 3.28. The lowest BCUT2D eigenvalue weighted by Gasteiger charge is -2.20. The van der Waals surface area contributed by atoms with Crippen LogP contribution in [0.15, 0.2) is 42.7 Å². The highest BCUT2D eigenvalue weighted by atomic mass is 16.2. The van der Waals surface area contributed by atoms with Crippen molar-refractivity contribution in [2.45, 2.75) is 32.7 Å². The lowest BCUT2D eigenvalue weighted by atomic mass is 10.1. The third-order valence-corrected chi connectivity index (χ3v) is 4.58. The maximum atomic E-state index is 12.4. The molecular formula is C19H24N4O2. The summed E-state index contributed by atoms with van der Waals surface area (Å²) in [4.78, 5) is 26.5. The van der Waals surface area contributed by atoms with Gasteiger partial charge in [-0.3, -0.25) is 14.3 Å². The molecule has 0 radical (unpaired) electrons. The Morgan fingerprint density at radius 3 is 2.92 bits per heavy atom. The largest absolute Gasteiger partial charge is 0.356 e. The maximum Gasteiger partial charge on any atom is 0.227 e. The maximum absolute atomic E-state index is 12.4. The smallest absolute Gasteiger partial charge is 0.227 e. The van der Waals surface area contributed by atoms with Gasteiger partial charge in [-0.05, 0) is 30.5 Å². The van der Waals surface area contributed by atoms with Crippen LogP contribution >= 0.6 is 0 Å². The van der Waals surface area contributed by atoms with Gasteiger partial charge in [0.05, 0.1) is 5.92 Å². The fourth-order valence-corrected chi connectivity index (χ4v) is 3.22. The first-order valence-electron chi connectivity index (χ1n) is 8.82. The lowest BCUT2D eigenvalue weighted by molar-refractivity contribution is -0.126. The summed E-state index contributed by atoms with van der Waals surface area (Å²) < 4.78 is 1.84. The highest BCUT2D eigenvalue weighted by molar-refractivity contribution is 6.00. The molecule has 0 aliphatic carbocycles. The Kier molecular flexibility index (Phi) is 5.48. The fourth-order valence-electron chi connectivity index (χ4n) is 3.22. The van der Waals surface area contributed by atoms with Gasteiger partial charge < -0.3 is 10.2 Å². The Balaban J connectivity index is 1.52. The van der Waals surface area contributed by atoms with E-state index in [0.29, 0.717) is 13.1 Å². The molecule has 132 valence electrons. The zero-order valence-electron chi connectivity index (χ0n) is 14.5. The standard InChI is InChI=1S/C19H24N4O2/c1-2-15-7-3-4-8-17(15)23-14-16(13-18(23)24)19(25)20-9-5-11-22-12-6-10-21-22/h3-4,6-8,10,12,16H,2,5,9,11,13-14H2,1H3,(H,20,25)/t16-/m0/s1. The Labute approximate surface area is 147 Å². The van der Waals surface area contributed by atoms with Crippen molar-refractivity contribution < 1.29 is 9.59 Å². The van der Waals surface area contributed by atoms with Crippen molar-refractivity contribution in [3.63, 3.8) is 0 Å². The van der Waals surface area contributed by atoms with Gasteiger partial charge in [-0.15, -0.1) is 0 Å². The average molecular weight is 340 g/mol. The molecule has 2 aromatic rings. The third kappa shape index (κ3) is 4.07. The molecule has 1 aliphatic rings. The number of anilines is 1. The van der Waals surface area contributed by atoms with Gasteiger partial charge in [0.2, 0.25) is 11.8 Å². The number of hydrogen-bond donors (Lipinski definition) is 1. The van der Waals surface area contributed by atoms with Gasteiger partial charge in [0.15, 0.2) is 0 Å². The van der Waals surface area contributed by atoms with Crippen molar-refractivity contribution in [1.82, 2.24) is 15.1 Å². The number of rotatable bonds is 7. The first-order valence-corrected chi connectivity index (χ1v) is 8.82. The number of amides is 2. The van der Waals surface area contributed by atoms with Gasteiger partial charge in [-0.1, -0.05) is 25.1 Å². The van der Waals surface area contributed by atoms with E-state index < -0.39 is 0 Å². The molecule has 1 aliphatic heterocycles. The summed E-state index contributed by atoms with van der Waals surface area (Å²) in [6.07, 6.45) is 5.61. The van der Waals surface area contributed by atoms with Gasteiger partial charge in [0, 0.05) is 44.1 Å². The Morgan fingerprint density at radius 2 is 2.16 bits per heavy atom. The zero-order valence-corrected chi connectivity index (χ0v) is 14.5. The molecule has 0 bridgehead atoms. The minimum atomic E-state index is -0.276. The van der Waals surface area contributed by atoms with Crippen LogP contribution in [-0.2, 0) is 22.6 Å². The van der Waals surface area contributed by atoms with E-state index in [0.717, 1.165) is 30.6 Å². The Bertz CT molecular complexity index is 727. The zero-order chi connectivity index (χ0) is 17.6. The summed E-state index contributed by atoms with van der Waals surface area (Å²) in [5.41, 5.74) is 2.07. The summed E-state index contributed by atoms with van der Waals surface area (Å²) >= 11 is 0. The number of benzene rings is 1. The monoisotopic (exact) mass is 340 g/mol. The van der Waals surface area contributed by atoms with Gasteiger partial charge in [0.25, 0.3) is 0 Å². The van der Waals surface area contributed by atoms with E-state index in [1.165, 1.54) is 0 Å². The lowest BCUT2D eigenvalue weighted by Crippen LogP contribution is -2.34. The minimum Gasteiger partial charge on any atom is -0.356 e. The van der Waals surface area contributed by atoms with Crippen molar-refractivity contribution in [2.75, 3.05) is 18.0 Å². The van der Waals surface area contributed by atoms with Crippen LogP contribution in [0.3, 0.4) is 0 Å². The first kappa shape index (κ1) is 17.2. The number of carbonyl (C=O) groups excluding carboxylic acids is 2. The molecule has 3 rings (SSSR count). The van der Waals surface area contributed by atoms with Crippen LogP contribution in [0, 0.1) is 5.92 Å². The predicted molar refractivity (Wildman–Crippen MR) is 96.1 cm³/mol. The van der Waals surface area contributed by atoms with Crippen LogP contribution in [0.4, 0.5) is 5.69 Å². The van der Waals surface area contributed by atoms with Crippen molar-refractivity contribution in [1.29, 1.82) is 0 Å². The number of para-hydroxylation sites is 1. The molecule has 1 aromatic heterocycles. The van der Waals surface area contributed by atoms with E-state index in [2.05, 4.69) is 17.3 Å². The van der Waals surface area contributed by atoms with E-state index >= 15 is 0 Å². The summed E-state index contributed by atoms with van der Waals surface area (Å²) in [6, 6.07) is 9.79. The molecule has 0 saturated carbocycles. The second-order valence-corrected chi connectivity index (χ2v) is 6.30. The van der Waals surface area contributed by atoms with Gasteiger partial charge in [-0.2, -0.15) is 5.10 Å². The van der Waals surface area contributed by atoms with E-state index in [1.54, 1.807) is 11.1 Å². The molecule has 0 spiro atoms. The van der Waals surface area contributed by atoms with Gasteiger partial charge >= 0.3 is 0 Å². The Morgan fingerprint density at radius 1 is 1.32 bits per heavy atom. The van der Waals surface area contributed by atoms with Crippen LogP contribution in [0.25, 0.3) is 0 Å². The van der Waals surface area contributed by atoms with Crippen molar-refractivity contribution >= 4 is 17.5 Å². The highest BCUT2D eigenvalue weighted by Crippen LogP contribution is 2.28. The van der Waals surface area contributed by atoms with Crippen LogP contribution in [0.1, 0.15) is 25.3 Å².